The first-order valence-corrected chi connectivity index (χ1v) is 15.0. The summed E-state index contributed by atoms with van der Waals surface area (Å²) in [4.78, 5) is 53.2. The summed E-state index contributed by atoms with van der Waals surface area (Å²) in [6.45, 7) is 8.85. The molecule has 236 valence electrons. The van der Waals surface area contributed by atoms with Gasteiger partial charge in [-0.3, -0.25) is 14.4 Å². The number of cyclic esters (lactones) is 2. The summed E-state index contributed by atoms with van der Waals surface area (Å²) in [5, 5.41) is 15.1. The molecule has 0 bridgehead atoms. The molecule has 4 rings (SSSR count). The van der Waals surface area contributed by atoms with Crippen LogP contribution in [-0.4, -0.2) is 53.7 Å². The molecular formula is C34H42N2O8. The number of amides is 2. The van der Waals surface area contributed by atoms with Crippen molar-refractivity contribution < 1.29 is 38.5 Å². The van der Waals surface area contributed by atoms with Crippen LogP contribution in [0, 0.1) is 17.3 Å². The molecule has 6 atom stereocenters. The van der Waals surface area contributed by atoms with Crippen LogP contribution in [0.25, 0.3) is 0 Å². The fourth-order valence-electron chi connectivity index (χ4n) is 5.10. The number of phenolic OH excluding ortho intramolecular Hbond substituents is 1. The summed E-state index contributed by atoms with van der Waals surface area (Å²) in [6, 6.07) is 14.6. The van der Waals surface area contributed by atoms with E-state index in [0.29, 0.717) is 5.56 Å². The Bertz CT molecular complexity index is 1360. The van der Waals surface area contributed by atoms with Gasteiger partial charge in [-0.25, -0.2) is 4.79 Å². The molecular weight excluding hydrogens is 564 g/mol. The van der Waals surface area contributed by atoms with Crippen molar-refractivity contribution >= 4 is 23.8 Å². The number of hydrogen-bond acceptors (Lipinski definition) is 8. The lowest BCUT2D eigenvalue weighted by Crippen LogP contribution is -2.47. The van der Waals surface area contributed by atoms with E-state index in [1.807, 2.05) is 51.1 Å². The molecule has 0 aliphatic carbocycles. The maximum Gasteiger partial charge on any atom is 0.347 e. The first-order valence-electron chi connectivity index (χ1n) is 15.0. The van der Waals surface area contributed by atoms with Crippen molar-refractivity contribution in [3.05, 3.63) is 77.9 Å². The van der Waals surface area contributed by atoms with Gasteiger partial charge in [0.15, 0.2) is 6.10 Å². The number of hydrogen-bond donors (Lipinski definition) is 3. The zero-order valence-corrected chi connectivity index (χ0v) is 25.8. The minimum atomic E-state index is -1.21. The average Bonchev–Trinajstić information content (AvgIpc) is 3.79. The van der Waals surface area contributed by atoms with Crippen LogP contribution in [0.5, 0.6) is 5.75 Å². The Hall–Kier alpha value is -4.18. The summed E-state index contributed by atoms with van der Waals surface area (Å²) in [6.07, 6.45) is 1.14. The number of rotatable bonds is 6. The zero-order valence-electron chi connectivity index (χ0n) is 25.8. The van der Waals surface area contributed by atoms with Crippen LogP contribution in [0.2, 0.25) is 0 Å². The lowest BCUT2D eigenvalue weighted by molar-refractivity contribution is -0.179. The number of nitrogens with one attached hydrogen (secondary N) is 2. The third-order valence-corrected chi connectivity index (χ3v) is 7.89. The number of carbonyl (C=O) groups excluding carboxylic acids is 4. The van der Waals surface area contributed by atoms with Crippen LogP contribution < -0.4 is 10.6 Å². The highest BCUT2D eigenvalue weighted by molar-refractivity contribution is 5.93. The Morgan fingerprint density at radius 2 is 1.61 bits per heavy atom. The summed E-state index contributed by atoms with van der Waals surface area (Å²) in [5.74, 6) is -2.64. The van der Waals surface area contributed by atoms with E-state index in [1.54, 1.807) is 19.9 Å². The van der Waals surface area contributed by atoms with Crippen LogP contribution in [0.4, 0.5) is 0 Å². The summed E-state index contributed by atoms with van der Waals surface area (Å²) < 4.78 is 17.8. The van der Waals surface area contributed by atoms with Crippen molar-refractivity contribution in [1.82, 2.24) is 10.6 Å². The highest BCUT2D eigenvalue weighted by Gasteiger charge is 2.48. The van der Waals surface area contributed by atoms with Crippen LogP contribution in [0.1, 0.15) is 70.7 Å². The number of epoxide rings is 1. The monoisotopic (exact) mass is 606 g/mol. The first-order chi connectivity index (χ1) is 20.9. The molecule has 0 spiro atoms. The lowest BCUT2D eigenvalue weighted by atomic mass is 9.92. The largest absolute Gasteiger partial charge is 0.508 e. The number of ether oxygens (including phenoxy) is 3. The predicted octanol–water partition coefficient (Wildman–Crippen LogP) is 4.30. The van der Waals surface area contributed by atoms with Gasteiger partial charge in [0.05, 0.1) is 11.5 Å². The molecule has 2 amide bonds. The molecule has 2 aromatic rings. The molecule has 2 aromatic carbocycles. The molecule has 44 heavy (non-hydrogen) atoms. The van der Waals surface area contributed by atoms with Gasteiger partial charge in [-0.1, -0.05) is 69.3 Å². The highest BCUT2D eigenvalue weighted by atomic mass is 16.6. The summed E-state index contributed by atoms with van der Waals surface area (Å²) >= 11 is 0. The van der Waals surface area contributed by atoms with Gasteiger partial charge >= 0.3 is 11.9 Å². The van der Waals surface area contributed by atoms with Gasteiger partial charge in [-0.05, 0) is 55.5 Å². The second kappa shape index (κ2) is 14.1. The molecule has 1 fully saturated rings. The summed E-state index contributed by atoms with van der Waals surface area (Å²) in [5.41, 5.74) is 0.258. The second-order valence-electron chi connectivity index (χ2n) is 12.6. The third kappa shape index (κ3) is 8.47. The van der Waals surface area contributed by atoms with E-state index in [2.05, 4.69) is 10.6 Å². The Labute approximate surface area is 258 Å². The predicted molar refractivity (Wildman–Crippen MR) is 162 cm³/mol. The number of aromatic hydroxyl groups is 1. The first kappa shape index (κ1) is 32.7. The fourth-order valence-corrected chi connectivity index (χ4v) is 5.10. The van der Waals surface area contributed by atoms with E-state index in [-0.39, 0.29) is 49.2 Å². The number of esters is 2. The molecule has 0 unspecified atom stereocenters. The normalized spacial score (nSPS) is 27.8. The van der Waals surface area contributed by atoms with E-state index in [4.69, 9.17) is 14.2 Å². The molecule has 2 aliphatic heterocycles. The number of benzene rings is 2. The molecule has 0 aromatic heterocycles. The van der Waals surface area contributed by atoms with Gasteiger partial charge < -0.3 is 30.0 Å². The fraction of sp³-hybridized carbons (Fsp3) is 0.471. The minimum Gasteiger partial charge on any atom is -0.508 e. The van der Waals surface area contributed by atoms with Crippen molar-refractivity contribution in [1.29, 1.82) is 0 Å². The standard InChI is InChI=1S/C34H42N2O8/c1-20(2)18-26-32(40)42-25(21(3)29-30(44-29)23-10-7-6-8-11-23)12-9-13-27(38)36-28(22-14-16-24(37)17-15-22)31(39)35-19-34(4,5)33(41)43-26/h6-11,13-17,20-21,25-26,28-30,37H,12,18-19H2,1-5H3,(H,35,39)(H,36,38)/b13-9+/t21-,25-,26-,28+,29+,30-/m0/s1. The number of carbonyl (C=O) groups is 4. The van der Waals surface area contributed by atoms with Crippen molar-refractivity contribution in [3.8, 4) is 5.75 Å². The highest BCUT2D eigenvalue weighted by Crippen LogP contribution is 2.45. The minimum absolute atomic E-state index is 0.0114. The Kier molecular flexibility index (Phi) is 10.5. The van der Waals surface area contributed by atoms with Crippen LogP contribution in [-0.2, 0) is 33.4 Å². The van der Waals surface area contributed by atoms with Gasteiger partial charge in [-0.15, -0.1) is 0 Å². The van der Waals surface area contributed by atoms with Crippen molar-refractivity contribution in [2.24, 2.45) is 17.3 Å². The molecule has 0 saturated carbocycles. The Morgan fingerprint density at radius 3 is 2.27 bits per heavy atom. The van der Waals surface area contributed by atoms with E-state index >= 15 is 0 Å². The maximum atomic E-state index is 13.5. The third-order valence-electron chi connectivity index (χ3n) is 7.89. The van der Waals surface area contributed by atoms with Crippen molar-refractivity contribution in [3.63, 3.8) is 0 Å². The zero-order chi connectivity index (χ0) is 32.0. The smallest absolute Gasteiger partial charge is 0.347 e. The number of phenols is 1. The Morgan fingerprint density at radius 1 is 0.932 bits per heavy atom. The molecule has 10 heteroatoms. The van der Waals surface area contributed by atoms with Crippen LogP contribution in [0.15, 0.2) is 66.7 Å². The van der Waals surface area contributed by atoms with E-state index in [9.17, 15) is 24.3 Å². The quantitative estimate of drug-likeness (QED) is 0.326. The van der Waals surface area contributed by atoms with Gasteiger partial charge in [-0.2, -0.15) is 0 Å². The molecule has 10 nitrogen and oxygen atoms in total. The van der Waals surface area contributed by atoms with E-state index in [0.717, 1.165) is 5.56 Å². The van der Waals surface area contributed by atoms with Gasteiger partial charge in [0.2, 0.25) is 11.8 Å². The topological polar surface area (TPSA) is 144 Å². The molecule has 2 heterocycles. The molecule has 1 saturated heterocycles. The molecule has 0 radical (unpaired) electrons. The van der Waals surface area contributed by atoms with Gasteiger partial charge in [0.1, 0.15) is 24.0 Å². The summed E-state index contributed by atoms with van der Waals surface area (Å²) in [7, 11) is 0. The Balaban J connectivity index is 1.63. The van der Waals surface area contributed by atoms with Crippen molar-refractivity contribution in [2.75, 3.05) is 6.54 Å². The van der Waals surface area contributed by atoms with E-state index < -0.39 is 47.4 Å². The van der Waals surface area contributed by atoms with Crippen LogP contribution >= 0.6 is 0 Å². The molecule has 3 N–H and O–H groups in total. The van der Waals surface area contributed by atoms with Crippen molar-refractivity contribution in [2.45, 2.75) is 77.9 Å². The average molecular weight is 607 g/mol. The lowest BCUT2D eigenvalue weighted by Gasteiger charge is -2.29. The van der Waals surface area contributed by atoms with Crippen LogP contribution in [0.3, 0.4) is 0 Å². The van der Waals surface area contributed by atoms with Gasteiger partial charge in [0.25, 0.3) is 0 Å². The molecule has 2 aliphatic rings. The van der Waals surface area contributed by atoms with Gasteiger partial charge in [0, 0.05) is 18.9 Å². The maximum absolute atomic E-state index is 13.5. The second-order valence-corrected chi connectivity index (χ2v) is 12.6. The van der Waals surface area contributed by atoms with E-state index in [1.165, 1.54) is 30.3 Å². The SMILES string of the molecule is CC(C)C[C@@H]1OC(=O)C(C)(C)CNC(=O)[C@@H](c2ccc(O)cc2)NC(=O)/C=C/C[C@@H]([C@H](C)[C@H]2O[C@H]2c2ccccc2)OC1=O.